The van der Waals surface area contributed by atoms with Gasteiger partial charge in [-0.2, -0.15) is 0 Å². The third kappa shape index (κ3) is 24.7. The number of aliphatic carboxylic acids is 1. The van der Waals surface area contributed by atoms with E-state index in [4.69, 9.17) is 20.7 Å². The Morgan fingerprint density at radius 1 is 1.27 bits per heavy atom. The molecule has 90 valence electrons. The molecule has 0 rings (SSSR count). The van der Waals surface area contributed by atoms with Crippen LogP contribution in [0.15, 0.2) is 0 Å². The molecule has 0 unspecified atom stereocenters. The molecule has 0 fully saturated rings. The second kappa shape index (κ2) is 16.0. The molecule has 0 aromatic heterocycles. The van der Waals surface area contributed by atoms with Crippen LogP contribution in [0.2, 0.25) is 0 Å². The van der Waals surface area contributed by atoms with E-state index in [9.17, 15) is 4.79 Å². The molecular formula is C8H17NO4S2. The van der Waals surface area contributed by atoms with Gasteiger partial charge < -0.3 is 15.9 Å². The van der Waals surface area contributed by atoms with Gasteiger partial charge in [0.2, 0.25) is 0 Å². The van der Waals surface area contributed by atoms with Gasteiger partial charge in [0.25, 0.3) is 6.47 Å². The average Bonchev–Trinajstić information content (AvgIpc) is 2.17. The fourth-order valence-corrected chi connectivity index (χ4v) is 2.74. The first-order valence-electron chi connectivity index (χ1n) is 4.43. The predicted molar refractivity (Wildman–Crippen MR) is 64.2 cm³/mol. The van der Waals surface area contributed by atoms with Crippen LogP contribution in [0.5, 0.6) is 0 Å². The Morgan fingerprint density at radius 3 is 2.13 bits per heavy atom. The molecule has 0 aromatic carbocycles. The molecule has 4 N–H and O–H groups in total. The van der Waals surface area contributed by atoms with Crippen LogP contribution >= 0.6 is 21.6 Å². The summed E-state index contributed by atoms with van der Waals surface area (Å²) >= 11 is 0. The van der Waals surface area contributed by atoms with Crippen LogP contribution in [0.1, 0.15) is 19.3 Å². The Labute approximate surface area is 97.2 Å². The highest BCUT2D eigenvalue weighted by atomic mass is 33.1. The molecule has 0 radical (unpaired) electrons. The minimum Gasteiger partial charge on any atom is -0.483 e. The quantitative estimate of drug-likeness (QED) is 0.341. The van der Waals surface area contributed by atoms with Crippen molar-refractivity contribution in [1.29, 1.82) is 0 Å². The summed E-state index contributed by atoms with van der Waals surface area (Å²) in [4.78, 5) is 18.5. The lowest BCUT2D eigenvalue weighted by Gasteiger charge is -1.98. The van der Waals surface area contributed by atoms with Crippen molar-refractivity contribution in [2.24, 2.45) is 5.73 Å². The summed E-state index contributed by atoms with van der Waals surface area (Å²) in [5.74, 6) is 1.28. The minimum absolute atomic E-state index is 0.250. The number of carboxylic acid groups (broad SMARTS) is 2. The Bertz CT molecular complexity index is 158. The molecule has 7 heteroatoms. The van der Waals surface area contributed by atoms with Crippen molar-refractivity contribution < 1.29 is 19.8 Å². The summed E-state index contributed by atoms with van der Waals surface area (Å²) in [7, 11) is 3.51. The second-order valence-corrected chi connectivity index (χ2v) is 5.09. The van der Waals surface area contributed by atoms with E-state index in [-0.39, 0.29) is 12.9 Å². The van der Waals surface area contributed by atoms with Gasteiger partial charge in [-0.1, -0.05) is 21.6 Å². The van der Waals surface area contributed by atoms with E-state index in [1.165, 1.54) is 0 Å². The zero-order valence-electron chi connectivity index (χ0n) is 8.42. The number of carboxylic acids is 1. The van der Waals surface area contributed by atoms with Crippen LogP contribution in [0, 0.1) is 0 Å². The van der Waals surface area contributed by atoms with Crippen molar-refractivity contribution in [3.63, 3.8) is 0 Å². The zero-order chi connectivity index (χ0) is 11.9. The molecule has 0 aliphatic rings. The smallest absolute Gasteiger partial charge is 0.303 e. The summed E-state index contributed by atoms with van der Waals surface area (Å²) in [5.41, 5.74) is 5.31. The Balaban J connectivity index is 0. The van der Waals surface area contributed by atoms with Crippen LogP contribution in [-0.2, 0) is 9.59 Å². The third-order valence-electron chi connectivity index (χ3n) is 1.13. The number of nitrogens with two attached hydrogens (primary N) is 1. The van der Waals surface area contributed by atoms with Crippen molar-refractivity contribution in [3.8, 4) is 0 Å². The number of rotatable bonds is 8. The SMILES string of the molecule is NCCCSSCCCC(=O)O.O=CO. The van der Waals surface area contributed by atoms with E-state index in [0.29, 0.717) is 0 Å². The standard InChI is InChI=1S/C7H15NO2S2.CH2O2/c8-4-2-6-12-11-5-1-3-7(9)10;2-1-3/h1-6,8H2,(H,9,10);1H,(H,2,3). The summed E-state index contributed by atoms with van der Waals surface area (Å²) in [6.07, 6.45) is 2.08. The summed E-state index contributed by atoms with van der Waals surface area (Å²) in [6, 6.07) is 0. The maximum Gasteiger partial charge on any atom is 0.303 e. The molecule has 0 atom stereocenters. The first kappa shape index (κ1) is 17.0. The maximum absolute atomic E-state index is 10.1. The van der Waals surface area contributed by atoms with E-state index in [2.05, 4.69) is 0 Å². The van der Waals surface area contributed by atoms with Gasteiger partial charge in [-0.25, -0.2) is 0 Å². The number of carbonyl (C=O) groups is 2. The lowest BCUT2D eigenvalue weighted by atomic mass is 10.3. The topological polar surface area (TPSA) is 101 Å². The molecule has 0 saturated carbocycles. The molecule has 0 aliphatic heterocycles. The first-order valence-corrected chi connectivity index (χ1v) is 6.92. The molecule has 0 bridgehead atoms. The number of hydrogen-bond donors (Lipinski definition) is 3. The molecule has 0 saturated heterocycles. The summed E-state index contributed by atoms with van der Waals surface area (Å²) in [5, 5.41) is 15.2. The fraction of sp³-hybridized carbons (Fsp3) is 0.750. The molecular weight excluding hydrogens is 238 g/mol. The molecule has 0 aliphatic carbocycles. The van der Waals surface area contributed by atoms with Crippen LogP contribution in [0.4, 0.5) is 0 Å². The van der Waals surface area contributed by atoms with Gasteiger partial charge in [0, 0.05) is 17.9 Å². The van der Waals surface area contributed by atoms with Crippen molar-refractivity contribution in [2.75, 3.05) is 18.1 Å². The Hall–Kier alpha value is -0.400. The Kier molecular flexibility index (Phi) is 18.2. The van der Waals surface area contributed by atoms with E-state index in [1.807, 2.05) is 0 Å². The van der Waals surface area contributed by atoms with Crippen LogP contribution in [0.3, 0.4) is 0 Å². The third-order valence-corrected chi connectivity index (χ3v) is 3.71. The highest BCUT2D eigenvalue weighted by Gasteiger charge is 1.96. The van der Waals surface area contributed by atoms with Crippen LogP contribution < -0.4 is 5.73 Å². The van der Waals surface area contributed by atoms with Gasteiger partial charge in [-0.15, -0.1) is 0 Å². The Morgan fingerprint density at radius 2 is 1.73 bits per heavy atom. The van der Waals surface area contributed by atoms with E-state index in [1.54, 1.807) is 21.6 Å². The van der Waals surface area contributed by atoms with Crippen molar-refractivity contribution in [1.82, 2.24) is 0 Å². The van der Waals surface area contributed by atoms with Crippen molar-refractivity contribution in [2.45, 2.75) is 19.3 Å². The molecule has 0 aromatic rings. The van der Waals surface area contributed by atoms with Crippen molar-refractivity contribution in [3.05, 3.63) is 0 Å². The molecule has 0 amide bonds. The first-order chi connectivity index (χ1) is 7.18. The molecule has 15 heavy (non-hydrogen) atoms. The molecule has 0 heterocycles. The highest BCUT2D eigenvalue weighted by molar-refractivity contribution is 8.76. The second-order valence-electron chi connectivity index (χ2n) is 2.39. The predicted octanol–water partition coefficient (Wildman–Crippen LogP) is 1.28. The van der Waals surface area contributed by atoms with Gasteiger partial charge in [-0.3, -0.25) is 9.59 Å². The monoisotopic (exact) mass is 255 g/mol. The van der Waals surface area contributed by atoms with E-state index >= 15 is 0 Å². The largest absolute Gasteiger partial charge is 0.483 e. The van der Waals surface area contributed by atoms with E-state index in [0.717, 1.165) is 30.9 Å². The normalized spacial score (nSPS) is 8.87. The van der Waals surface area contributed by atoms with Gasteiger partial charge in [-0.05, 0) is 19.4 Å². The minimum atomic E-state index is -0.706. The zero-order valence-corrected chi connectivity index (χ0v) is 10.1. The average molecular weight is 255 g/mol. The van der Waals surface area contributed by atoms with Gasteiger partial charge >= 0.3 is 5.97 Å². The summed E-state index contributed by atoms with van der Waals surface area (Å²) < 4.78 is 0. The van der Waals surface area contributed by atoms with Gasteiger partial charge in [0.15, 0.2) is 0 Å². The van der Waals surface area contributed by atoms with Gasteiger partial charge in [0.1, 0.15) is 0 Å². The van der Waals surface area contributed by atoms with Crippen molar-refractivity contribution >= 4 is 34.0 Å². The molecule has 5 nitrogen and oxygen atoms in total. The van der Waals surface area contributed by atoms with Gasteiger partial charge in [0.05, 0.1) is 0 Å². The molecule has 0 spiro atoms. The van der Waals surface area contributed by atoms with Crippen LogP contribution in [0.25, 0.3) is 0 Å². The lowest BCUT2D eigenvalue weighted by molar-refractivity contribution is -0.137. The highest BCUT2D eigenvalue weighted by Crippen LogP contribution is 2.22. The van der Waals surface area contributed by atoms with E-state index < -0.39 is 5.97 Å². The lowest BCUT2D eigenvalue weighted by Crippen LogP contribution is -1.98. The number of hydrogen-bond acceptors (Lipinski definition) is 5. The van der Waals surface area contributed by atoms with Crippen LogP contribution in [-0.4, -0.2) is 40.7 Å². The fourth-order valence-electron chi connectivity index (χ4n) is 0.542. The summed E-state index contributed by atoms with van der Waals surface area (Å²) in [6.45, 7) is 0.489. The maximum atomic E-state index is 10.1.